The van der Waals surface area contributed by atoms with Gasteiger partial charge < -0.3 is 15.7 Å². The summed E-state index contributed by atoms with van der Waals surface area (Å²) >= 11 is 5.89. The number of amides is 1. The number of aromatic hydroxyl groups is 1. The number of hydrogen-bond donors (Lipinski definition) is 3. The summed E-state index contributed by atoms with van der Waals surface area (Å²) in [6, 6.07) is 21.8. The molecule has 25 heavy (non-hydrogen) atoms. The summed E-state index contributed by atoms with van der Waals surface area (Å²) in [5.41, 5.74) is 2.82. The van der Waals surface area contributed by atoms with Crippen molar-refractivity contribution in [2.75, 3.05) is 10.6 Å². The van der Waals surface area contributed by atoms with Crippen LogP contribution in [0.15, 0.2) is 72.8 Å². The quantitative estimate of drug-likeness (QED) is 0.611. The second-order valence-corrected chi connectivity index (χ2v) is 5.97. The first-order valence-electron chi connectivity index (χ1n) is 7.79. The van der Waals surface area contributed by atoms with Gasteiger partial charge in [-0.05, 0) is 42.0 Å². The molecule has 4 nitrogen and oxygen atoms in total. The highest BCUT2D eigenvalue weighted by molar-refractivity contribution is 6.31. The molecule has 0 bridgehead atoms. The van der Waals surface area contributed by atoms with Crippen molar-refractivity contribution in [1.29, 1.82) is 0 Å². The lowest BCUT2D eigenvalue weighted by Gasteiger charge is -2.10. The van der Waals surface area contributed by atoms with Crippen LogP contribution in [0.5, 0.6) is 5.75 Å². The Morgan fingerprint density at radius 3 is 2.48 bits per heavy atom. The molecule has 0 spiro atoms. The maximum atomic E-state index is 12.3. The van der Waals surface area contributed by atoms with Gasteiger partial charge in [0.05, 0.1) is 5.56 Å². The van der Waals surface area contributed by atoms with Crippen LogP contribution in [0.2, 0.25) is 5.02 Å². The number of hydrogen-bond acceptors (Lipinski definition) is 3. The van der Waals surface area contributed by atoms with Gasteiger partial charge in [0.2, 0.25) is 0 Å². The zero-order chi connectivity index (χ0) is 17.6. The largest absolute Gasteiger partial charge is 0.507 e. The van der Waals surface area contributed by atoms with Gasteiger partial charge in [0, 0.05) is 22.9 Å². The summed E-state index contributed by atoms with van der Waals surface area (Å²) in [5, 5.41) is 16.3. The second-order valence-electron chi connectivity index (χ2n) is 5.54. The van der Waals surface area contributed by atoms with E-state index >= 15 is 0 Å². The highest BCUT2D eigenvalue weighted by Crippen LogP contribution is 2.23. The molecule has 0 aliphatic rings. The van der Waals surface area contributed by atoms with Crippen molar-refractivity contribution < 1.29 is 9.90 Å². The van der Waals surface area contributed by atoms with Gasteiger partial charge in [-0.2, -0.15) is 0 Å². The van der Waals surface area contributed by atoms with E-state index < -0.39 is 5.91 Å². The molecule has 0 aliphatic heterocycles. The van der Waals surface area contributed by atoms with Crippen molar-refractivity contribution in [2.45, 2.75) is 6.54 Å². The third-order valence-corrected chi connectivity index (χ3v) is 3.90. The maximum absolute atomic E-state index is 12.3. The molecule has 3 aromatic carbocycles. The molecule has 3 rings (SSSR count). The zero-order valence-electron chi connectivity index (χ0n) is 13.4. The van der Waals surface area contributed by atoms with Gasteiger partial charge in [-0.1, -0.05) is 48.0 Å². The van der Waals surface area contributed by atoms with Gasteiger partial charge in [0.1, 0.15) is 5.75 Å². The van der Waals surface area contributed by atoms with Gasteiger partial charge in [0.15, 0.2) is 0 Å². The number of anilines is 2. The molecule has 0 atom stereocenters. The molecule has 0 unspecified atom stereocenters. The van der Waals surface area contributed by atoms with Crippen LogP contribution in [-0.4, -0.2) is 11.0 Å². The number of carbonyl (C=O) groups excluding carboxylic acids is 1. The van der Waals surface area contributed by atoms with E-state index in [1.54, 1.807) is 6.07 Å². The topological polar surface area (TPSA) is 61.4 Å². The first-order chi connectivity index (χ1) is 12.1. The smallest absolute Gasteiger partial charge is 0.259 e. The first-order valence-corrected chi connectivity index (χ1v) is 8.17. The molecule has 0 aromatic heterocycles. The summed E-state index contributed by atoms with van der Waals surface area (Å²) in [6.45, 7) is 0.688. The third-order valence-electron chi connectivity index (χ3n) is 3.66. The predicted molar refractivity (Wildman–Crippen MR) is 101 cm³/mol. The molecular weight excluding hydrogens is 336 g/mol. The Morgan fingerprint density at radius 1 is 0.920 bits per heavy atom. The number of halogens is 1. The molecular formula is C20H17ClN2O2. The molecule has 0 aliphatic carbocycles. The molecule has 0 saturated carbocycles. The van der Waals surface area contributed by atoms with Crippen molar-refractivity contribution in [1.82, 2.24) is 0 Å². The predicted octanol–water partition coefficient (Wildman–Crippen LogP) is 4.91. The molecule has 5 heteroatoms. The minimum atomic E-state index is -0.416. The van der Waals surface area contributed by atoms with E-state index in [1.807, 2.05) is 48.5 Å². The zero-order valence-corrected chi connectivity index (χ0v) is 14.1. The van der Waals surface area contributed by atoms with Crippen molar-refractivity contribution in [2.24, 2.45) is 0 Å². The number of nitrogens with one attached hydrogen (secondary N) is 2. The summed E-state index contributed by atoms with van der Waals surface area (Å²) in [4.78, 5) is 12.3. The molecule has 126 valence electrons. The minimum absolute atomic E-state index is 0.111. The van der Waals surface area contributed by atoms with Crippen LogP contribution in [-0.2, 0) is 6.54 Å². The summed E-state index contributed by atoms with van der Waals surface area (Å²) in [7, 11) is 0. The number of phenolic OH excluding ortho intramolecular Hbond substituents is 1. The van der Waals surface area contributed by atoms with Crippen LogP contribution in [0.3, 0.4) is 0 Å². The number of phenols is 1. The van der Waals surface area contributed by atoms with Crippen molar-refractivity contribution in [3.05, 3.63) is 88.9 Å². The Balaban J connectivity index is 1.69. The Kier molecular flexibility index (Phi) is 5.21. The standard InChI is InChI=1S/C20H17ClN2O2/c21-15-9-10-19(24)18(11-15)20(25)23-17-8-4-7-16(12-17)22-13-14-5-2-1-3-6-14/h1-12,22,24H,13H2,(H,23,25). The van der Waals surface area contributed by atoms with E-state index in [2.05, 4.69) is 10.6 Å². The van der Waals surface area contributed by atoms with E-state index in [0.717, 1.165) is 5.69 Å². The fourth-order valence-electron chi connectivity index (χ4n) is 2.40. The molecule has 0 saturated heterocycles. The maximum Gasteiger partial charge on any atom is 0.259 e. The lowest BCUT2D eigenvalue weighted by atomic mass is 10.1. The van der Waals surface area contributed by atoms with Gasteiger partial charge >= 0.3 is 0 Å². The lowest BCUT2D eigenvalue weighted by Crippen LogP contribution is -2.12. The fraction of sp³-hybridized carbons (Fsp3) is 0.0500. The van der Waals surface area contributed by atoms with E-state index in [4.69, 9.17) is 11.6 Å². The van der Waals surface area contributed by atoms with E-state index in [9.17, 15) is 9.90 Å². The average Bonchev–Trinajstić information content (AvgIpc) is 2.63. The molecule has 1 amide bonds. The average molecular weight is 353 g/mol. The minimum Gasteiger partial charge on any atom is -0.507 e. The van der Waals surface area contributed by atoms with Crippen molar-refractivity contribution >= 4 is 28.9 Å². The number of benzene rings is 3. The lowest BCUT2D eigenvalue weighted by molar-refractivity contribution is 0.102. The van der Waals surface area contributed by atoms with Crippen LogP contribution < -0.4 is 10.6 Å². The van der Waals surface area contributed by atoms with Gasteiger partial charge in [-0.25, -0.2) is 0 Å². The molecule has 0 radical (unpaired) electrons. The Hall–Kier alpha value is -2.98. The summed E-state index contributed by atoms with van der Waals surface area (Å²) in [5.74, 6) is -0.527. The van der Waals surface area contributed by atoms with E-state index in [-0.39, 0.29) is 11.3 Å². The number of rotatable bonds is 5. The highest BCUT2D eigenvalue weighted by atomic mass is 35.5. The highest BCUT2D eigenvalue weighted by Gasteiger charge is 2.12. The Morgan fingerprint density at radius 2 is 1.68 bits per heavy atom. The van der Waals surface area contributed by atoms with Crippen molar-refractivity contribution in [3.63, 3.8) is 0 Å². The van der Waals surface area contributed by atoms with Gasteiger partial charge in [0.25, 0.3) is 5.91 Å². The SMILES string of the molecule is O=C(Nc1cccc(NCc2ccccc2)c1)c1cc(Cl)ccc1O. The van der Waals surface area contributed by atoms with Crippen LogP contribution in [0.4, 0.5) is 11.4 Å². The Bertz CT molecular complexity index is 882. The monoisotopic (exact) mass is 352 g/mol. The van der Waals surface area contributed by atoms with Gasteiger partial charge in [-0.15, -0.1) is 0 Å². The first kappa shape index (κ1) is 16.9. The number of carbonyl (C=O) groups is 1. The molecule has 3 N–H and O–H groups in total. The van der Waals surface area contributed by atoms with Crippen LogP contribution in [0.25, 0.3) is 0 Å². The molecule has 3 aromatic rings. The molecule has 0 heterocycles. The van der Waals surface area contributed by atoms with Crippen LogP contribution >= 0.6 is 11.6 Å². The summed E-state index contributed by atoms with van der Waals surface area (Å²) < 4.78 is 0. The Labute approximate surface area is 151 Å². The van der Waals surface area contributed by atoms with E-state index in [0.29, 0.717) is 17.3 Å². The van der Waals surface area contributed by atoms with Crippen LogP contribution in [0.1, 0.15) is 15.9 Å². The van der Waals surface area contributed by atoms with Gasteiger partial charge in [-0.3, -0.25) is 4.79 Å². The normalized spacial score (nSPS) is 10.3. The van der Waals surface area contributed by atoms with E-state index in [1.165, 1.54) is 23.8 Å². The van der Waals surface area contributed by atoms with Crippen LogP contribution in [0, 0.1) is 0 Å². The fourth-order valence-corrected chi connectivity index (χ4v) is 2.57. The van der Waals surface area contributed by atoms with Crippen molar-refractivity contribution in [3.8, 4) is 5.75 Å². The molecule has 0 fully saturated rings. The second kappa shape index (κ2) is 7.73. The summed E-state index contributed by atoms with van der Waals surface area (Å²) in [6.07, 6.45) is 0. The third kappa shape index (κ3) is 4.52.